The summed E-state index contributed by atoms with van der Waals surface area (Å²) < 4.78 is 4.96. The molecule has 0 saturated heterocycles. The van der Waals surface area contributed by atoms with Gasteiger partial charge in [-0.25, -0.2) is 0 Å². The summed E-state index contributed by atoms with van der Waals surface area (Å²) in [7, 11) is 12.8. The molecule has 0 aromatic heterocycles. The van der Waals surface area contributed by atoms with Crippen LogP contribution in [-0.2, 0) is 0 Å². The number of methoxy groups -OCH3 is 1. The van der Waals surface area contributed by atoms with Gasteiger partial charge in [-0.15, -0.1) is 0 Å². The second-order valence-corrected chi connectivity index (χ2v) is 3.70. The highest BCUT2D eigenvalue weighted by Crippen LogP contribution is 2.13. The van der Waals surface area contributed by atoms with Crippen molar-refractivity contribution < 1.29 is 9.53 Å². The average molecular weight is 219 g/mol. The van der Waals surface area contributed by atoms with Crippen molar-refractivity contribution in [2.45, 2.75) is 6.32 Å². The Morgan fingerprint density at radius 3 is 2.38 bits per heavy atom. The van der Waals surface area contributed by atoms with Crippen molar-refractivity contribution in [3.8, 4) is 5.75 Å². The SMILES string of the molecule is CN(C)C.[B]CC(=O)c1cccc(OC)c1. The number of ether oxygens (including phenoxy) is 1. The number of carbonyl (C=O) groups is 1. The lowest BCUT2D eigenvalue weighted by molar-refractivity contribution is 0.101. The van der Waals surface area contributed by atoms with Crippen LogP contribution in [0.4, 0.5) is 0 Å². The van der Waals surface area contributed by atoms with Crippen LogP contribution in [0.3, 0.4) is 0 Å². The van der Waals surface area contributed by atoms with Gasteiger partial charge < -0.3 is 9.64 Å². The lowest BCUT2D eigenvalue weighted by Gasteiger charge is -2.01. The highest BCUT2D eigenvalue weighted by molar-refractivity contribution is 6.24. The van der Waals surface area contributed by atoms with Gasteiger partial charge in [0.2, 0.25) is 0 Å². The standard InChI is InChI=1S/C9H9BO2.C3H9N/c1-12-8-4-2-3-7(5-8)9(11)6-10;1-4(2)3/h2-5H,6H2,1H3;1-3H3. The molecular weight excluding hydrogens is 201 g/mol. The molecule has 0 saturated carbocycles. The molecule has 0 aliphatic rings. The third-order valence-electron chi connectivity index (χ3n) is 1.58. The fraction of sp³-hybridized carbons (Fsp3) is 0.417. The van der Waals surface area contributed by atoms with Gasteiger partial charge in [-0.1, -0.05) is 12.1 Å². The summed E-state index contributed by atoms with van der Waals surface area (Å²) in [5.41, 5.74) is 0.594. The van der Waals surface area contributed by atoms with Gasteiger partial charge in [-0.2, -0.15) is 0 Å². The molecule has 0 fully saturated rings. The lowest BCUT2D eigenvalue weighted by atomic mass is 9.96. The second-order valence-electron chi connectivity index (χ2n) is 3.70. The van der Waals surface area contributed by atoms with Gasteiger partial charge >= 0.3 is 0 Å². The van der Waals surface area contributed by atoms with Crippen LogP contribution in [0.2, 0.25) is 6.32 Å². The molecular formula is C12H18BNO2. The maximum atomic E-state index is 11.1. The quantitative estimate of drug-likeness (QED) is 0.571. The molecule has 1 aromatic carbocycles. The summed E-state index contributed by atoms with van der Waals surface area (Å²) in [4.78, 5) is 13.1. The van der Waals surface area contributed by atoms with Crippen molar-refractivity contribution in [2.75, 3.05) is 28.3 Å². The zero-order chi connectivity index (χ0) is 12.6. The summed E-state index contributed by atoms with van der Waals surface area (Å²) in [6.07, 6.45) is 0.0349. The highest BCUT2D eigenvalue weighted by Gasteiger charge is 2.02. The van der Waals surface area contributed by atoms with E-state index in [1.165, 1.54) is 0 Å². The average Bonchev–Trinajstić information content (AvgIpc) is 2.27. The first-order chi connectivity index (χ1) is 7.51. The van der Waals surface area contributed by atoms with Crippen LogP contribution in [0.5, 0.6) is 5.75 Å². The smallest absolute Gasteiger partial charge is 0.154 e. The van der Waals surface area contributed by atoms with Crippen LogP contribution in [0.15, 0.2) is 24.3 Å². The van der Waals surface area contributed by atoms with E-state index in [1.54, 1.807) is 31.4 Å². The lowest BCUT2D eigenvalue weighted by Crippen LogP contribution is -1.99. The molecule has 0 unspecified atom stereocenters. The Hall–Kier alpha value is -1.29. The Morgan fingerprint density at radius 1 is 1.38 bits per heavy atom. The maximum Gasteiger partial charge on any atom is 0.154 e. The molecule has 86 valence electrons. The summed E-state index contributed by atoms with van der Waals surface area (Å²) in [6.45, 7) is 0. The van der Waals surface area contributed by atoms with Crippen LogP contribution in [0, 0.1) is 0 Å². The first kappa shape index (κ1) is 14.7. The van der Waals surface area contributed by atoms with Crippen molar-refractivity contribution in [3.05, 3.63) is 29.8 Å². The minimum Gasteiger partial charge on any atom is -0.497 e. The Bertz CT molecular complexity index is 324. The second kappa shape index (κ2) is 7.94. The molecule has 0 N–H and O–H groups in total. The van der Waals surface area contributed by atoms with E-state index in [2.05, 4.69) is 0 Å². The van der Waals surface area contributed by atoms with E-state index in [1.807, 2.05) is 26.0 Å². The van der Waals surface area contributed by atoms with Crippen molar-refractivity contribution in [1.82, 2.24) is 4.90 Å². The van der Waals surface area contributed by atoms with E-state index < -0.39 is 0 Å². The number of hydrogen-bond acceptors (Lipinski definition) is 3. The van der Waals surface area contributed by atoms with Crippen LogP contribution < -0.4 is 4.74 Å². The number of carbonyl (C=O) groups excluding carboxylic acids is 1. The first-order valence-corrected chi connectivity index (χ1v) is 4.99. The first-order valence-electron chi connectivity index (χ1n) is 4.99. The van der Waals surface area contributed by atoms with Crippen LogP contribution in [-0.4, -0.2) is 46.8 Å². The predicted molar refractivity (Wildman–Crippen MR) is 67.5 cm³/mol. The zero-order valence-electron chi connectivity index (χ0n) is 10.4. The molecule has 3 nitrogen and oxygen atoms in total. The fourth-order valence-electron chi connectivity index (χ4n) is 0.914. The van der Waals surface area contributed by atoms with E-state index in [4.69, 9.17) is 12.6 Å². The molecule has 16 heavy (non-hydrogen) atoms. The molecule has 0 heterocycles. The van der Waals surface area contributed by atoms with E-state index in [9.17, 15) is 4.79 Å². The van der Waals surface area contributed by atoms with Gasteiger partial charge in [-0.3, -0.25) is 4.79 Å². The molecule has 1 rings (SSSR count). The Balaban J connectivity index is 0.000000487. The maximum absolute atomic E-state index is 11.1. The van der Waals surface area contributed by atoms with Crippen molar-refractivity contribution in [1.29, 1.82) is 0 Å². The van der Waals surface area contributed by atoms with Crippen LogP contribution in [0.1, 0.15) is 10.4 Å². The summed E-state index contributed by atoms with van der Waals surface area (Å²) in [6, 6.07) is 6.95. The van der Waals surface area contributed by atoms with Gasteiger partial charge in [-0.05, 0) is 39.6 Å². The predicted octanol–water partition coefficient (Wildman–Crippen LogP) is 1.64. The van der Waals surface area contributed by atoms with Crippen LogP contribution >= 0.6 is 0 Å². The largest absolute Gasteiger partial charge is 0.497 e. The van der Waals surface area contributed by atoms with Gasteiger partial charge in [0.25, 0.3) is 0 Å². The summed E-state index contributed by atoms with van der Waals surface area (Å²) in [5, 5.41) is 0. The molecule has 0 spiro atoms. The topological polar surface area (TPSA) is 29.5 Å². The highest BCUT2D eigenvalue weighted by atomic mass is 16.5. The fourth-order valence-corrected chi connectivity index (χ4v) is 0.914. The molecule has 0 atom stereocenters. The number of Topliss-reactive ketones (excluding diaryl/α,β-unsaturated/α-hetero) is 1. The number of benzene rings is 1. The van der Waals surface area contributed by atoms with Crippen molar-refractivity contribution in [3.63, 3.8) is 0 Å². The van der Waals surface area contributed by atoms with E-state index >= 15 is 0 Å². The Labute approximate surface area is 98.8 Å². The van der Waals surface area contributed by atoms with Crippen molar-refractivity contribution in [2.24, 2.45) is 0 Å². The van der Waals surface area contributed by atoms with Crippen molar-refractivity contribution >= 4 is 13.6 Å². The van der Waals surface area contributed by atoms with Gasteiger partial charge in [0.1, 0.15) is 5.75 Å². The minimum atomic E-state index is -0.0751. The number of rotatable bonds is 3. The molecule has 2 radical (unpaired) electrons. The normalized spacial score (nSPS) is 9.31. The number of ketones is 1. The number of nitrogens with zero attached hydrogens (tertiary/aromatic N) is 1. The summed E-state index contributed by atoms with van der Waals surface area (Å²) in [5.74, 6) is 0.600. The molecule has 1 aromatic rings. The van der Waals surface area contributed by atoms with Gasteiger partial charge in [0, 0.05) is 5.56 Å². The monoisotopic (exact) mass is 219 g/mol. The Morgan fingerprint density at radius 2 is 1.94 bits per heavy atom. The molecule has 0 amide bonds. The molecule has 0 bridgehead atoms. The van der Waals surface area contributed by atoms with Gasteiger partial charge in [0.05, 0.1) is 15.0 Å². The van der Waals surface area contributed by atoms with E-state index in [0.29, 0.717) is 11.3 Å². The minimum absolute atomic E-state index is 0.0349. The zero-order valence-corrected chi connectivity index (χ0v) is 10.4. The molecule has 0 aliphatic carbocycles. The van der Waals surface area contributed by atoms with E-state index in [-0.39, 0.29) is 12.1 Å². The Kier molecular flexibility index (Phi) is 7.30. The summed E-state index contributed by atoms with van der Waals surface area (Å²) >= 11 is 0. The third kappa shape index (κ3) is 6.25. The third-order valence-corrected chi connectivity index (χ3v) is 1.58. The van der Waals surface area contributed by atoms with E-state index in [0.717, 1.165) is 0 Å². The number of hydrogen-bond donors (Lipinski definition) is 0. The van der Waals surface area contributed by atoms with Gasteiger partial charge in [0.15, 0.2) is 5.78 Å². The molecule has 0 aliphatic heterocycles. The molecule has 4 heteroatoms. The van der Waals surface area contributed by atoms with Crippen LogP contribution in [0.25, 0.3) is 0 Å².